The molecule has 142 valence electrons. The molecule has 1 N–H and O–H groups in total. The first-order valence-corrected chi connectivity index (χ1v) is 9.52. The monoisotopic (exact) mass is 373 g/mol. The first-order chi connectivity index (χ1) is 13.6. The van der Waals surface area contributed by atoms with Gasteiger partial charge in [-0.1, -0.05) is 18.2 Å². The van der Waals surface area contributed by atoms with Gasteiger partial charge in [0.1, 0.15) is 5.75 Å². The van der Waals surface area contributed by atoms with Crippen molar-refractivity contribution in [3.63, 3.8) is 0 Å². The summed E-state index contributed by atoms with van der Waals surface area (Å²) in [6.07, 6.45) is 3.02. The number of rotatable bonds is 4. The van der Waals surface area contributed by atoms with E-state index in [4.69, 9.17) is 4.74 Å². The molecule has 0 spiro atoms. The minimum Gasteiger partial charge on any atom is -0.497 e. The number of nitrogens with one attached hydrogen (secondary N) is 1. The first-order valence-electron chi connectivity index (χ1n) is 9.52. The van der Waals surface area contributed by atoms with Crippen LogP contribution in [-0.4, -0.2) is 23.2 Å². The van der Waals surface area contributed by atoms with Crippen molar-refractivity contribution in [1.82, 2.24) is 15.5 Å². The zero-order chi connectivity index (χ0) is 19.5. The summed E-state index contributed by atoms with van der Waals surface area (Å²) in [6.45, 7) is 1.91. The number of hydrogen-bond donors (Lipinski definition) is 1. The quantitative estimate of drug-likeness (QED) is 0.742. The number of aryl methyl sites for hydroxylation is 2. The Morgan fingerprint density at radius 3 is 2.61 bits per heavy atom. The van der Waals surface area contributed by atoms with Crippen LogP contribution < -0.4 is 10.1 Å². The van der Waals surface area contributed by atoms with Crippen LogP contribution in [0.3, 0.4) is 0 Å². The molecule has 3 aromatic rings. The van der Waals surface area contributed by atoms with E-state index in [-0.39, 0.29) is 11.9 Å². The Kier molecular flexibility index (Phi) is 5.06. The van der Waals surface area contributed by atoms with E-state index in [1.807, 2.05) is 49.4 Å². The van der Waals surface area contributed by atoms with Crippen molar-refractivity contribution in [2.24, 2.45) is 0 Å². The zero-order valence-electron chi connectivity index (χ0n) is 16.1. The number of benzene rings is 2. The maximum atomic E-state index is 12.8. The molecule has 28 heavy (non-hydrogen) atoms. The summed E-state index contributed by atoms with van der Waals surface area (Å²) in [7, 11) is 1.68. The number of fused-ring (bicyclic) bond motifs is 1. The van der Waals surface area contributed by atoms with Gasteiger partial charge in [-0.15, -0.1) is 0 Å². The van der Waals surface area contributed by atoms with Crippen LogP contribution in [0.1, 0.15) is 46.1 Å². The molecule has 0 aliphatic heterocycles. The molecule has 1 aliphatic rings. The van der Waals surface area contributed by atoms with E-state index in [1.54, 1.807) is 7.11 Å². The summed E-state index contributed by atoms with van der Waals surface area (Å²) in [6, 6.07) is 17.5. The van der Waals surface area contributed by atoms with Crippen LogP contribution in [0, 0.1) is 6.92 Å². The van der Waals surface area contributed by atoms with Crippen molar-refractivity contribution >= 4 is 5.91 Å². The van der Waals surface area contributed by atoms with Gasteiger partial charge in [0.15, 0.2) is 0 Å². The molecule has 0 fully saturated rings. The molecular weight excluding hydrogens is 350 g/mol. The highest BCUT2D eigenvalue weighted by molar-refractivity contribution is 5.95. The molecule has 5 heteroatoms. The van der Waals surface area contributed by atoms with Crippen LogP contribution in [0.25, 0.3) is 11.3 Å². The van der Waals surface area contributed by atoms with Gasteiger partial charge in [-0.05, 0) is 73.7 Å². The molecular formula is C23H23N3O2. The highest BCUT2D eigenvalue weighted by Crippen LogP contribution is 2.32. The summed E-state index contributed by atoms with van der Waals surface area (Å²) in [4.78, 5) is 12.8. The lowest BCUT2D eigenvalue weighted by Gasteiger charge is -2.27. The van der Waals surface area contributed by atoms with E-state index < -0.39 is 0 Å². The highest BCUT2D eigenvalue weighted by atomic mass is 16.5. The summed E-state index contributed by atoms with van der Waals surface area (Å²) in [5.74, 6) is 0.802. The average Bonchev–Trinajstić information content (AvgIpc) is 2.74. The van der Waals surface area contributed by atoms with Crippen LogP contribution in [-0.2, 0) is 6.42 Å². The molecule has 1 heterocycles. The van der Waals surface area contributed by atoms with Gasteiger partial charge in [0.2, 0.25) is 0 Å². The number of nitrogens with zero attached hydrogens (tertiary/aromatic N) is 2. The number of hydrogen-bond acceptors (Lipinski definition) is 4. The Bertz CT molecular complexity index is 982. The van der Waals surface area contributed by atoms with Gasteiger partial charge in [0, 0.05) is 11.1 Å². The molecule has 1 aromatic heterocycles. The summed E-state index contributed by atoms with van der Waals surface area (Å²) in [5.41, 5.74) is 5.71. The fourth-order valence-corrected chi connectivity index (χ4v) is 3.65. The lowest BCUT2D eigenvalue weighted by Crippen LogP contribution is -2.31. The van der Waals surface area contributed by atoms with Gasteiger partial charge in [0.05, 0.1) is 24.5 Å². The molecule has 1 amide bonds. The third kappa shape index (κ3) is 3.74. The second kappa shape index (κ2) is 7.80. The standard InChI is InChI=1S/C23H23N3O2/c1-15-6-13-21(26-25-15)16-7-9-17(10-8-16)23(27)24-22-5-3-4-18-14-19(28-2)11-12-20(18)22/h6-14,22H,3-5H2,1-2H3,(H,24,27). The number of ether oxygens (including phenoxy) is 1. The Morgan fingerprint density at radius 2 is 1.89 bits per heavy atom. The fourth-order valence-electron chi connectivity index (χ4n) is 3.65. The largest absolute Gasteiger partial charge is 0.497 e. The van der Waals surface area contributed by atoms with Crippen LogP contribution in [0.2, 0.25) is 0 Å². The molecule has 1 aliphatic carbocycles. The molecule has 0 bridgehead atoms. The molecule has 4 rings (SSSR count). The average molecular weight is 373 g/mol. The van der Waals surface area contributed by atoms with Gasteiger partial charge >= 0.3 is 0 Å². The zero-order valence-corrected chi connectivity index (χ0v) is 16.1. The maximum Gasteiger partial charge on any atom is 0.251 e. The van der Waals surface area contributed by atoms with Crippen LogP contribution in [0.4, 0.5) is 0 Å². The maximum absolute atomic E-state index is 12.8. The van der Waals surface area contributed by atoms with E-state index in [1.165, 1.54) is 11.1 Å². The second-order valence-electron chi connectivity index (χ2n) is 7.12. The second-order valence-corrected chi connectivity index (χ2v) is 7.12. The Hall–Kier alpha value is -3.21. The third-order valence-electron chi connectivity index (χ3n) is 5.21. The van der Waals surface area contributed by atoms with Crippen molar-refractivity contribution in [2.45, 2.75) is 32.2 Å². The molecule has 0 saturated carbocycles. The number of methoxy groups -OCH3 is 1. The molecule has 2 aromatic carbocycles. The number of amides is 1. The predicted octanol–water partition coefficient (Wildman–Crippen LogP) is 4.27. The van der Waals surface area contributed by atoms with Crippen molar-refractivity contribution < 1.29 is 9.53 Å². The van der Waals surface area contributed by atoms with Gasteiger partial charge < -0.3 is 10.1 Å². The SMILES string of the molecule is COc1ccc2c(c1)CCCC2NC(=O)c1ccc(-c2ccc(C)nn2)cc1. The topological polar surface area (TPSA) is 64.1 Å². The number of carbonyl (C=O) groups excluding carboxylic acids is 1. The van der Waals surface area contributed by atoms with Gasteiger partial charge in [-0.3, -0.25) is 4.79 Å². The summed E-state index contributed by atoms with van der Waals surface area (Å²) >= 11 is 0. The molecule has 5 nitrogen and oxygen atoms in total. The van der Waals surface area contributed by atoms with E-state index in [2.05, 4.69) is 27.6 Å². The molecule has 1 unspecified atom stereocenters. The first kappa shape index (κ1) is 18.2. The van der Waals surface area contributed by atoms with Crippen LogP contribution in [0.5, 0.6) is 5.75 Å². The molecule has 0 saturated heterocycles. The van der Waals surface area contributed by atoms with Crippen LogP contribution in [0.15, 0.2) is 54.6 Å². The van der Waals surface area contributed by atoms with E-state index in [9.17, 15) is 4.79 Å². The Labute approximate surface area is 164 Å². The van der Waals surface area contributed by atoms with Gasteiger partial charge in [0.25, 0.3) is 5.91 Å². The number of carbonyl (C=O) groups is 1. The normalized spacial score (nSPS) is 15.6. The number of aromatic nitrogens is 2. The van der Waals surface area contributed by atoms with Gasteiger partial charge in [-0.25, -0.2) is 0 Å². The van der Waals surface area contributed by atoms with Crippen molar-refractivity contribution in [1.29, 1.82) is 0 Å². The van der Waals surface area contributed by atoms with Crippen molar-refractivity contribution in [3.05, 3.63) is 77.0 Å². The summed E-state index contributed by atoms with van der Waals surface area (Å²) in [5, 5.41) is 11.5. The minimum atomic E-state index is -0.0600. The Morgan fingerprint density at radius 1 is 1.07 bits per heavy atom. The summed E-state index contributed by atoms with van der Waals surface area (Å²) < 4.78 is 5.32. The molecule has 0 radical (unpaired) electrons. The van der Waals surface area contributed by atoms with Gasteiger partial charge in [-0.2, -0.15) is 10.2 Å². The van der Waals surface area contributed by atoms with Crippen LogP contribution >= 0.6 is 0 Å². The highest BCUT2D eigenvalue weighted by Gasteiger charge is 2.22. The minimum absolute atomic E-state index is 0.0322. The fraction of sp³-hybridized carbons (Fsp3) is 0.261. The smallest absolute Gasteiger partial charge is 0.251 e. The third-order valence-corrected chi connectivity index (χ3v) is 5.21. The lowest BCUT2D eigenvalue weighted by atomic mass is 9.87. The predicted molar refractivity (Wildman–Crippen MR) is 108 cm³/mol. The van der Waals surface area contributed by atoms with E-state index in [0.29, 0.717) is 5.56 Å². The van der Waals surface area contributed by atoms with Crippen molar-refractivity contribution in [2.75, 3.05) is 7.11 Å². The van der Waals surface area contributed by atoms with E-state index >= 15 is 0 Å². The van der Waals surface area contributed by atoms with Crippen molar-refractivity contribution in [3.8, 4) is 17.0 Å². The molecule has 1 atom stereocenters. The lowest BCUT2D eigenvalue weighted by molar-refractivity contribution is 0.0933. The Balaban J connectivity index is 1.49. The van der Waals surface area contributed by atoms with E-state index in [0.717, 1.165) is 42.0 Å².